The summed E-state index contributed by atoms with van der Waals surface area (Å²) in [5, 5.41) is 9.13. The number of carbonyl (C=O) groups is 1. The van der Waals surface area contributed by atoms with Gasteiger partial charge in [0.15, 0.2) is 0 Å². The second kappa shape index (κ2) is 2.92. The standard InChI is InChI=1S/C10H11N3O2/c14-10(15)13-7-1-2-8(13)9-6(3-7)4-11-5-12-9/h4-5,7-8H,1-3H2,(H,14,15). The summed E-state index contributed by atoms with van der Waals surface area (Å²) in [5.41, 5.74) is 2.02. The van der Waals surface area contributed by atoms with E-state index in [2.05, 4.69) is 9.97 Å². The fourth-order valence-corrected chi connectivity index (χ4v) is 2.72. The molecule has 0 saturated carbocycles. The van der Waals surface area contributed by atoms with Gasteiger partial charge >= 0.3 is 6.09 Å². The molecule has 1 saturated heterocycles. The molecule has 1 aromatic heterocycles. The molecule has 1 amide bonds. The first kappa shape index (κ1) is 8.64. The van der Waals surface area contributed by atoms with Gasteiger partial charge in [0.25, 0.3) is 0 Å². The fourth-order valence-electron chi connectivity index (χ4n) is 2.72. The van der Waals surface area contributed by atoms with Crippen LogP contribution in [0.2, 0.25) is 0 Å². The third-order valence-corrected chi connectivity index (χ3v) is 3.32. The maximum Gasteiger partial charge on any atom is 0.408 e. The number of carboxylic acid groups (broad SMARTS) is 1. The lowest BCUT2D eigenvalue weighted by atomic mass is 10.0. The van der Waals surface area contributed by atoms with Gasteiger partial charge in [-0.05, 0) is 24.8 Å². The molecule has 1 N–H and O–H groups in total. The minimum atomic E-state index is -0.827. The average molecular weight is 205 g/mol. The highest BCUT2D eigenvalue weighted by atomic mass is 16.4. The monoisotopic (exact) mass is 205 g/mol. The smallest absolute Gasteiger partial charge is 0.408 e. The number of aromatic nitrogens is 2. The fraction of sp³-hybridized carbons (Fsp3) is 0.500. The Hall–Kier alpha value is -1.65. The Morgan fingerprint density at radius 2 is 2.40 bits per heavy atom. The van der Waals surface area contributed by atoms with Crippen molar-refractivity contribution in [2.24, 2.45) is 0 Å². The first-order valence-corrected chi connectivity index (χ1v) is 5.07. The molecule has 2 bridgehead atoms. The second-order valence-electron chi connectivity index (χ2n) is 4.07. The summed E-state index contributed by atoms with van der Waals surface area (Å²) in [6, 6.07) is 0.0882. The largest absolute Gasteiger partial charge is 0.465 e. The van der Waals surface area contributed by atoms with Gasteiger partial charge in [0.05, 0.1) is 11.7 Å². The Balaban J connectivity index is 2.08. The number of hydrogen-bond donors (Lipinski definition) is 1. The molecule has 15 heavy (non-hydrogen) atoms. The number of hydrogen-bond acceptors (Lipinski definition) is 3. The van der Waals surface area contributed by atoms with Crippen LogP contribution in [0.25, 0.3) is 0 Å². The Bertz CT molecular complexity index is 421. The molecule has 2 aliphatic heterocycles. The summed E-state index contributed by atoms with van der Waals surface area (Å²) >= 11 is 0. The second-order valence-corrected chi connectivity index (χ2v) is 4.07. The zero-order valence-electron chi connectivity index (χ0n) is 8.13. The van der Waals surface area contributed by atoms with E-state index in [0.29, 0.717) is 0 Å². The Morgan fingerprint density at radius 3 is 3.20 bits per heavy atom. The SMILES string of the molecule is O=C(O)N1C2CCC1c1ncncc1C2. The first-order valence-electron chi connectivity index (χ1n) is 5.07. The maximum atomic E-state index is 11.1. The van der Waals surface area contributed by atoms with E-state index in [1.54, 1.807) is 4.90 Å². The minimum absolute atomic E-state index is 0.0424. The van der Waals surface area contributed by atoms with Crippen LogP contribution >= 0.6 is 0 Å². The normalized spacial score (nSPS) is 27.6. The van der Waals surface area contributed by atoms with Crippen molar-refractivity contribution in [2.75, 3.05) is 0 Å². The summed E-state index contributed by atoms with van der Waals surface area (Å²) in [4.78, 5) is 20.9. The van der Waals surface area contributed by atoms with Crippen LogP contribution in [-0.4, -0.2) is 32.1 Å². The molecule has 0 radical (unpaired) electrons. The van der Waals surface area contributed by atoms with E-state index in [0.717, 1.165) is 30.5 Å². The predicted octanol–water partition coefficient (Wildman–Crippen LogP) is 1.22. The third kappa shape index (κ3) is 1.12. The van der Waals surface area contributed by atoms with Crippen molar-refractivity contribution in [2.45, 2.75) is 31.3 Å². The van der Waals surface area contributed by atoms with E-state index < -0.39 is 6.09 Å². The highest BCUT2D eigenvalue weighted by Crippen LogP contribution is 2.42. The molecule has 1 fully saturated rings. The van der Waals surface area contributed by atoms with Gasteiger partial charge in [-0.15, -0.1) is 0 Å². The van der Waals surface area contributed by atoms with Crippen molar-refractivity contribution < 1.29 is 9.90 Å². The lowest BCUT2D eigenvalue weighted by Crippen LogP contribution is -2.41. The van der Waals surface area contributed by atoms with Gasteiger partial charge in [-0.1, -0.05) is 0 Å². The van der Waals surface area contributed by atoms with E-state index in [4.69, 9.17) is 5.11 Å². The van der Waals surface area contributed by atoms with Crippen molar-refractivity contribution in [3.05, 3.63) is 23.8 Å². The molecular weight excluding hydrogens is 194 g/mol. The van der Waals surface area contributed by atoms with E-state index >= 15 is 0 Å². The summed E-state index contributed by atoms with van der Waals surface area (Å²) < 4.78 is 0. The molecule has 2 unspecified atom stereocenters. The van der Waals surface area contributed by atoms with Crippen LogP contribution in [0.1, 0.15) is 30.1 Å². The maximum absolute atomic E-state index is 11.1. The van der Waals surface area contributed by atoms with Crippen LogP contribution in [0.3, 0.4) is 0 Å². The molecule has 5 nitrogen and oxygen atoms in total. The minimum Gasteiger partial charge on any atom is -0.465 e. The molecule has 0 aromatic carbocycles. The van der Waals surface area contributed by atoms with Crippen LogP contribution in [0, 0.1) is 0 Å². The molecule has 2 aliphatic rings. The molecule has 5 heteroatoms. The summed E-state index contributed by atoms with van der Waals surface area (Å²) in [7, 11) is 0. The Labute approximate surface area is 86.8 Å². The van der Waals surface area contributed by atoms with E-state index in [1.807, 2.05) is 6.20 Å². The van der Waals surface area contributed by atoms with Crippen molar-refractivity contribution in [3.8, 4) is 0 Å². The topological polar surface area (TPSA) is 66.3 Å². The number of amides is 1. The quantitative estimate of drug-likeness (QED) is 0.691. The molecule has 0 aliphatic carbocycles. The van der Waals surface area contributed by atoms with Gasteiger partial charge in [-0.25, -0.2) is 14.8 Å². The average Bonchev–Trinajstić information content (AvgIpc) is 2.55. The van der Waals surface area contributed by atoms with Crippen molar-refractivity contribution in [1.82, 2.24) is 14.9 Å². The van der Waals surface area contributed by atoms with E-state index in [9.17, 15) is 4.79 Å². The lowest BCUT2D eigenvalue weighted by molar-refractivity contribution is 0.115. The molecule has 0 spiro atoms. The Kier molecular flexibility index (Phi) is 1.68. The van der Waals surface area contributed by atoms with Gasteiger partial charge in [-0.3, -0.25) is 4.90 Å². The van der Waals surface area contributed by atoms with Gasteiger partial charge in [-0.2, -0.15) is 0 Å². The van der Waals surface area contributed by atoms with Crippen LogP contribution in [0.5, 0.6) is 0 Å². The lowest BCUT2D eigenvalue weighted by Gasteiger charge is -2.32. The summed E-state index contributed by atoms with van der Waals surface area (Å²) in [6.07, 6.45) is 5.07. The predicted molar refractivity (Wildman–Crippen MR) is 51.4 cm³/mol. The zero-order valence-corrected chi connectivity index (χ0v) is 8.13. The Morgan fingerprint density at radius 1 is 1.53 bits per heavy atom. The summed E-state index contributed by atoms with van der Waals surface area (Å²) in [5.74, 6) is 0. The number of fused-ring (bicyclic) bond motifs is 4. The molecule has 2 atom stereocenters. The van der Waals surface area contributed by atoms with Crippen molar-refractivity contribution in [1.29, 1.82) is 0 Å². The van der Waals surface area contributed by atoms with Crippen LogP contribution < -0.4 is 0 Å². The highest BCUT2D eigenvalue weighted by molar-refractivity contribution is 5.67. The molecule has 3 rings (SSSR count). The van der Waals surface area contributed by atoms with E-state index in [-0.39, 0.29) is 12.1 Å². The zero-order chi connectivity index (χ0) is 10.4. The number of nitrogens with zero attached hydrogens (tertiary/aromatic N) is 3. The highest BCUT2D eigenvalue weighted by Gasteiger charge is 2.43. The van der Waals surface area contributed by atoms with Gasteiger partial charge in [0, 0.05) is 12.2 Å². The van der Waals surface area contributed by atoms with Crippen molar-refractivity contribution in [3.63, 3.8) is 0 Å². The summed E-state index contributed by atoms with van der Waals surface area (Å²) in [6.45, 7) is 0. The van der Waals surface area contributed by atoms with Crippen LogP contribution in [0.4, 0.5) is 4.79 Å². The van der Waals surface area contributed by atoms with Crippen LogP contribution in [0.15, 0.2) is 12.5 Å². The van der Waals surface area contributed by atoms with E-state index in [1.165, 1.54) is 6.33 Å². The molecule has 78 valence electrons. The molecule has 1 aromatic rings. The number of rotatable bonds is 0. The third-order valence-electron chi connectivity index (χ3n) is 3.32. The van der Waals surface area contributed by atoms with Crippen LogP contribution in [-0.2, 0) is 6.42 Å². The van der Waals surface area contributed by atoms with Crippen molar-refractivity contribution >= 4 is 6.09 Å². The van der Waals surface area contributed by atoms with Gasteiger partial charge < -0.3 is 5.11 Å². The molecule has 3 heterocycles. The van der Waals surface area contributed by atoms with Gasteiger partial charge in [0.2, 0.25) is 0 Å². The first-order chi connectivity index (χ1) is 7.27. The molecular formula is C10H11N3O2. The van der Waals surface area contributed by atoms with Gasteiger partial charge in [0.1, 0.15) is 6.33 Å².